The molecule has 0 bridgehead atoms. The quantitative estimate of drug-likeness (QED) is 0.706. The van der Waals surface area contributed by atoms with Crippen LogP contribution in [0.2, 0.25) is 0 Å². The van der Waals surface area contributed by atoms with Crippen LogP contribution in [0.5, 0.6) is 0 Å². The van der Waals surface area contributed by atoms with Crippen LogP contribution in [-0.4, -0.2) is 20.2 Å². The second-order valence-electron chi connectivity index (χ2n) is 3.74. The molecule has 0 saturated heterocycles. The third-order valence-electron chi connectivity index (χ3n) is 3.02. The van der Waals surface area contributed by atoms with Gasteiger partial charge in [0.25, 0.3) is 0 Å². The van der Waals surface area contributed by atoms with Crippen LogP contribution in [-0.2, 0) is 19.9 Å². The number of carbonyl (C=O) groups is 1. The van der Waals surface area contributed by atoms with Gasteiger partial charge in [-0.15, -0.1) is 0 Å². The second kappa shape index (κ2) is 3.66. The van der Waals surface area contributed by atoms with Gasteiger partial charge in [-0.2, -0.15) is 0 Å². The monoisotopic (exact) mass is 206 g/mol. The van der Waals surface area contributed by atoms with Gasteiger partial charge in [0.05, 0.1) is 13.0 Å². The highest BCUT2D eigenvalue weighted by atomic mass is 16.5. The number of hydrogen-bond acceptors (Lipinski definition) is 3. The van der Waals surface area contributed by atoms with Crippen molar-refractivity contribution in [1.82, 2.24) is 0 Å². The maximum absolute atomic E-state index is 11.4. The molecule has 0 unspecified atom stereocenters. The zero-order chi connectivity index (χ0) is 10.9. The van der Waals surface area contributed by atoms with Crippen LogP contribution >= 0.6 is 0 Å². The Morgan fingerprint density at radius 2 is 2.00 bits per heavy atom. The Morgan fingerprint density at radius 3 is 2.53 bits per heavy atom. The fourth-order valence-electron chi connectivity index (χ4n) is 2.04. The Bertz CT molecular complexity index is 360. The molecule has 3 nitrogen and oxygen atoms in total. The molecule has 0 heterocycles. The Hall–Kier alpha value is -1.35. The topological polar surface area (TPSA) is 35.5 Å². The van der Waals surface area contributed by atoms with Crippen molar-refractivity contribution >= 4 is 5.97 Å². The van der Waals surface area contributed by atoms with Crippen molar-refractivity contribution < 1.29 is 14.3 Å². The van der Waals surface area contributed by atoms with Crippen LogP contribution in [0.25, 0.3) is 0 Å². The van der Waals surface area contributed by atoms with Crippen LogP contribution in [0.4, 0.5) is 0 Å². The highest BCUT2D eigenvalue weighted by Gasteiger charge is 2.61. The number of esters is 1. The van der Waals surface area contributed by atoms with Gasteiger partial charge in [-0.05, 0) is 12.0 Å². The average Bonchev–Trinajstić information content (AvgIpc) is 3.05. The van der Waals surface area contributed by atoms with Crippen molar-refractivity contribution in [3.63, 3.8) is 0 Å². The molecular weight excluding hydrogens is 192 g/mol. The number of hydrogen-bond donors (Lipinski definition) is 0. The first-order valence-corrected chi connectivity index (χ1v) is 4.93. The van der Waals surface area contributed by atoms with Gasteiger partial charge in [0.15, 0.2) is 0 Å². The Morgan fingerprint density at radius 1 is 1.33 bits per heavy atom. The molecule has 0 amide bonds. The van der Waals surface area contributed by atoms with E-state index >= 15 is 0 Å². The van der Waals surface area contributed by atoms with Crippen molar-refractivity contribution in [2.24, 2.45) is 5.92 Å². The maximum atomic E-state index is 11.4. The molecule has 15 heavy (non-hydrogen) atoms. The van der Waals surface area contributed by atoms with Gasteiger partial charge in [0.2, 0.25) is 0 Å². The average molecular weight is 206 g/mol. The molecule has 0 aromatic heterocycles. The van der Waals surface area contributed by atoms with Gasteiger partial charge in [-0.3, -0.25) is 4.79 Å². The van der Waals surface area contributed by atoms with Crippen molar-refractivity contribution in [2.45, 2.75) is 12.0 Å². The first kappa shape index (κ1) is 10.2. The molecule has 3 heteroatoms. The standard InChI is InChI=1S/C12H14O3/c1-14-11(13)10-8-12(10,15-2)9-6-4-3-5-7-9/h3-7,10H,8H2,1-2H3/t10-,12-/m1/s1. The Balaban J connectivity index is 2.24. The summed E-state index contributed by atoms with van der Waals surface area (Å²) in [5.74, 6) is -0.351. The van der Waals surface area contributed by atoms with Gasteiger partial charge in [0.1, 0.15) is 5.60 Å². The molecule has 1 fully saturated rings. The van der Waals surface area contributed by atoms with Crippen molar-refractivity contribution in [3.05, 3.63) is 35.9 Å². The minimum absolute atomic E-state index is 0.158. The molecule has 0 radical (unpaired) electrons. The highest BCUT2D eigenvalue weighted by molar-refractivity contribution is 5.78. The fourth-order valence-corrected chi connectivity index (χ4v) is 2.04. The van der Waals surface area contributed by atoms with Gasteiger partial charge in [0, 0.05) is 7.11 Å². The smallest absolute Gasteiger partial charge is 0.312 e. The van der Waals surface area contributed by atoms with Gasteiger partial charge < -0.3 is 9.47 Å². The molecule has 80 valence electrons. The summed E-state index contributed by atoms with van der Waals surface area (Å²) in [6.07, 6.45) is 0.709. The number of ether oxygens (including phenoxy) is 2. The van der Waals surface area contributed by atoms with Crippen LogP contribution in [0, 0.1) is 5.92 Å². The number of methoxy groups -OCH3 is 2. The first-order chi connectivity index (χ1) is 7.24. The lowest BCUT2D eigenvalue weighted by molar-refractivity contribution is -0.144. The maximum Gasteiger partial charge on any atom is 0.312 e. The minimum Gasteiger partial charge on any atom is -0.469 e. The van der Waals surface area contributed by atoms with E-state index in [0.29, 0.717) is 6.42 Å². The van der Waals surface area contributed by atoms with Crippen LogP contribution in [0.3, 0.4) is 0 Å². The molecule has 2 rings (SSSR count). The second-order valence-corrected chi connectivity index (χ2v) is 3.74. The van der Waals surface area contributed by atoms with E-state index in [2.05, 4.69) is 0 Å². The predicted octanol–water partition coefficient (Wildman–Crippen LogP) is 1.72. The van der Waals surface area contributed by atoms with E-state index in [1.165, 1.54) is 7.11 Å². The number of rotatable bonds is 3. The van der Waals surface area contributed by atoms with Crippen LogP contribution in [0.1, 0.15) is 12.0 Å². The largest absolute Gasteiger partial charge is 0.469 e. The lowest BCUT2D eigenvalue weighted by Gasteiger charge is -2.15. The van der Waals surface area contributed by atoms with Crippen LogP contribution < -0.4 is 0 Å². The molecule has 1 aromatic rings. The van der Waals surface area contributed by atoms with E-state index in [0.717, 1.165) is 5.56 Å². The zero-order valence-corrected chi connectivity index (χ0v) is 8.90. The molecule has 1 aliphatic carbocycles. The molecule has 1 saturated carbocycles. The van der Waals surface area contributed by atoms with E-state index in [1.54, 1.807) is 7.11 Å². The van der Waals surface area contributed by atoms with Crippen molar-refractivity contribution in [1.29, 1.82) is 0 Å². The molecule has 0 N–H and O–H groups in total. The lowest BCUT2D eigenvalue weighted by atomic mass is 10.1. The normalized spacial score (nSPS) is 28.5. The number of benzene rings is 1. The van der Waals surface area contributed by atoms with Gasteiger partial charge in [-0.25, -0.2) is 0 Å². The molecule has 1 aliphatic rings. The summed E-state index contributed by atoms with van der Waals surface area (Å²) in [5, 5.41) is 0. The van der Waals surface area contributed by atoms with E-state index < -0.39 is 5.60 Å². The van der Waals surface area contributed by atoms with Crippen molar-refractivity contribution in [3.8, 4) is 0 Å². The first-order valence-electron chi connectivity index (χ1n) is 4.93. The summed E-state index contributed by atoms with van der Waals surface area (Å²) in [5.41, 5.74) is 0.594. The highest BCUT2D eigenvalue weighted by Crippen LogP contribution is 2.55. The minimum atomic E-state index is -0.450. The van der Waals surface area contributed by atoms with Gasteiger partial charge >= 0.3 is 5.97 Å². The summed E-state index contributed by atoms with van der Waals surface area (Å²) in [6, 6.07) is 9.80. The Labute approximate surface area is 89.0 Å². The molecule has 0 spiro atoms. The molecular formula is C12H14O3. The lowest BCUT2D eigenvalue weighted by Crippen LogP contribution is -2.18. The van der Waals surface area contributed by atoms with Gasteiger partial charge in [-0.1, -0.05) is 30.3 Å². The predicted molar refractivity (Wildman–Crippen MR) is 55.3 cm³/mol. The zero-order valence-electron chi connectivity index (χ0n) is 8.90. The van der Waals surface area contributed by atoms with E-state index in [1.807, 2.05) is 30.3 Å². The fraction of sp³-hybridized carbons (Fsp3) is 0.417. The third-order valence-corrected chi connectivity index (χ3v) is 3.02. The van der Waals surface area contributed by atoms with E-state index in [4.69, 9.17) is 9.47 Å². The molecule has 0 aliphatic heterocycles. The number of carbonyl (C=O) groups excluding carboxylic acids is 1. The summed E-state index contributed by atoms with van der Waals surface area (Å²) in [7, 11) is 3.04. The van der Waals surface area contributed by atoms with Crippen LogP contribution in [0.15, 0.2) is 30.3 Å². The molecule has 2 atom stereocenters. The summed E-state index contributed by atoms with van der Waals surface area (Å²) < 4.78 is 10.2. The van der Waals surface area contributed by atoms with E-state index in [-0.39, 0.29) is 11.9 Å². The summed E-state index contributed by atoms with van der Waals surface area (Å²) in [4.78, 5) is 11.4. The summed E-state index contributed by atoms with van der Waals surface area (Å²) >= 11 is 0. The SMILES string of the molecule is COC(=O)[C@H]1C[C@@]1(OC)c1ccccc1. The van der Waals surface area contributed by atoms with Crippen molar-refractivity contribution in [2.75, 3.05) is 14.2 Å². The summed E-state index contributed by atoms with van der Waals surface area (Å²) in [6.45, 7) is 0. The van der Waals surface area contributed by atoms with E-state index in [9.17, 15) is 4.79 Å². The molecule has 1 aromatic carbocycles. The Kier molecular flexibility index (Phi) is 2.49. The third kappa shape index (κ3) is 1.53.